The summed E-state index contributed by atoms with van der Waals surface area (Å²) in [5.41, 5.74) is 4.24. The lowest BCUT2D eigenvalue weighted by Crippen LogP contribution is -2.40. The van der Waals surface area contributed by atoms with Crippen molar-refractivity contribution in [3.8, 4) is 11.5 Å². The highest BCUT2D eigenvalue weighted by atomic mass is 79.9. The molecule has 1 aliphatic rings. The number of nitrogens with zero attached hydrogens (tertiary/aromatic N) is 3. The Morgan fingerprint density at radius 1 is 1.07 bits per heavy atom. The van der Waals surface area contributed by atoms with Crippen molar-refractivity contribution in [3.05, 3.63) is 125 Å². The van der Waals surface area contributed by atoms with E-state index in [-0.39, 0.29) is 17.7 Å². The minimum atomic E-state index is -0.823. The minimum absolute atomic E-state index is 0.187. The second-order valence-corrected chi connectivity index (χ2v) is 12.2. The zero-order valence-corrected chi connectivity index (χ0v) is 27.1. The van der Waals surface area contributed by atoms with Crippen molar-refractivity contribution in [1.82, 2.24) is 9.13 Å². The molecule has 224 valence electrons. The maximum Gasteiger partial charge on any atom is 0.338 e. The number of hydrogen-bond acceptors (Lipinski definition) is 7. The zero-order chi connectivity index (χ0) is 31.0. The maximum atomic E-state index is 14.3. The van der Waals surface area contributed by atoms with Crippen molar-refractivity contribution >= 4 is 50.2 Å². The number of thiazole rings is 1. The first-order valence-corrected chi connectivity index (χ1v) is 15.7. The molecular weight excluding hydrogens is 642 g/mol. The molecule has 2 aromatic heterocycles. The number of halogens is 1. The summed E-state index contributed by atoms with van der Waals surface area (Å²) in [6, 6.07) is 20.9. The molecule has 1 atom stereocenters. The molecule has 6 rings (SSSR count). The molecule has 1 aliphatic heterocycles. The first-order valence-electron chi connectivity index (χ1n) is 14.1. The van der Waals surface area contributed by atoms with E-state index in [0.717, 1.165) is 26.5 Å². The third-order valence-electron chi connectivity index (χ3n) is 7.62. The van der Waals surface area contributed by atoms with Gasteiger partial charge in [-0.1, -0.05) is 57.6 Å². The molecule has 0 aliphatic carbocycles. The van der Waals surface area contributed by atoms with Gasteiger partial charge in [-0.3, -0.25) is 9.36 Å². The predicted octanol–water partition coefficient (Wildman–Crippen LogP) is 5.58. The lowest BCUT2D eigenvalue weighted by Gasteiger charge is -2.26. The molecule has 0 radical (unpaired) electrons. The van der Waals surface area contributed by atoms with Crippen molar-refractivity contribution in [2.24, 2.45) is 4.99 Å². The van der Waals surface area contributed by atoms with Gasteiger partial charge < -0.3 is 18.8 Å². The van der Waals surface area contributed by atoms with Crippen molar-refractivity contribution in [2.45, 2.75) is 26.4 Å². The summed E-state index contributed by atoms with van der Waals surface area (Å²) in [4.78, 5) is 32.8. The average molecular weight is 673 g/mol. The number of benzene rings is 3. The van der Waals surface area contributed by atoms with E-state index in [1.54, 1.807) is 50.8 Å². The van der Waals surface area contributed by atoms with Gasteiger partial charge in [0.15, 0.2) is 4.80 Å². The van der Waals surface area contributed by atoms with Gasteiger partial charge in [-0.2, -0.15) is 0 Å². The molecule has 5 aromatic rings. The van der Waals surface area contributed by atoms with E-state index in [1.807, 2.05) is 30.3 Å². The van der Waals surface area contributed by atoms with Gasteiger partial charge in [0.2, 0.25) is 0 Å². The normalized spacial score (nSPS) is 14.8. The largest absolute Gasteiger partial charge is 0.497 e. The average Bonchev–Trinajstić information content (AvgIpc) is 3.53. The van der Waals surface area contributed by atoms with Crippen LogP contribution in [0.2, 0.25) is 0 Å². The van der Waals surface area contributed by atoms with Crippen LogP contribution in [0, 0.1) is 0 Å². The van der Waals surface area contributed by atoms with Gasteiger partial charge in [0, 0.05) is 39.2 Å². The smallest absolute Gasteiger partial charge is 0.338 e. The number of methoxy groups -OCH3 is 2. The summed E-state index contributed by atoms with van der Waals surface area (Å²) >= 11 is 4.80. The van der Waals surface area contributed by atoms with Gasteiger partial charge in [-0.05, 0) is 61.9 Å². The van der Waals surface area contributed by atoms with Crippen LogP contribution in [-0.4, -0.2) is 35.9 Å². The summed E-state index contributed by atoms with van der Waals surface area (Å²) in [6.45, 7) is 4.38. The SMILES string of the molecule is CCOC(=O)C1=C(C)N=c2s/c(=C/c3cn(Cc4ccc(Br)cc4)c4ccccc34)c(=O)n2[C@H]1c1cc(OC)ccc1OC. The Bertz CT molecular complexity index is 2110. The van der Waals surface area contributed by atoms with Crippen LogP contribution in [-0.2, 0) is 16.1 Å². The van der Waals surface area contributed by atoms with E-state index in [0.29, 0.717) is 38.6 Å². The Kier molecular flexibility index (Phi) is 8.29. The highest BCUT2D eigenvalue weighted by Gasteiger charge is 2.35. The standard InChI is InChI=1S/C34H30BrN3O5S/c1-5-43-33(40)30-20(2)36-34-38(31(30)26-17-24(41-3)14-15-28(26)42-4)32(39)29(44-34)16-22-19-37(27-9-7-6-8-25(22)27)18-21-10-12-23(35)13-11-21/h6-17,19,31H,5,18H2,1-4H3/b29-16+/t31-/m0/s1. The molecule has 0 bridgehead atoms. The van der Waals surface area contributed by atoms with Crippen LogP contribution in [0.25, 0.3) is 17.0 Å². The highest BCUT2D eigenvalue weighted by Crippen LogP contribution is 2.38. The third kappa shape index (κ3) is 5.39. The fraction of sp³-hybridized carbons (Fsp3) is 0.206. The molecule has 0 saturated carbocycles. The third-order valence-corrected chi connectivity index (χ3v) is 9.13. The van der Waals surface area contributed by atoms with Gasteiger partial charge in [-0.25, -0.2) is 9.79 Å². The summed E-state index contributed by atoms with van der Waals surface area (Å²) < 4.78 is 21.9. The first kappa shape index (κ1) is 29.7. The number of carbonyl (C=O) groups excluding carboxylic acids is 1. The Balaban J connectivity index is 1.54. The van der Waals surface area contributed by atoms with Crippen LogP contribution >= 0.6 is 27.3 Å². The molecule has 0 unspecified atom stereocenters. The Morgan fingerprint density at radius 3 is 2.57 bits per heavy atom. The van der Waals surface area contributed by atoms with Gasteiger partial charge in [0.25, 0.3) is 5.56 Å². The summed E-state index contributed by atoms with van der Waals surface area (Å²) in [6.07, 6.45) is 3.98. The molecule has 0 saturated heterocycles. The van der Waals surface area contributed by atoms with Crippen molar-refractivity contribution < 1.29 is 19.0 Å². The quantitative estimate of drug-likeness (QED) is 0.201. The Morgan fingerprint density at radius 2 is 1.84 bits per heavy atom. The number of aromatic nitrogens is 2. The van der Waals surface area contributed by atoms with E-state index in [1.165, 1.54) is 11.3 Å². The van der Waals surface area contributed by atoms with Crippen molar-refractivity contribution in [3.63, 3.8) is 0 Å². The second kappa shape index (κ2) is 12.3. The number of fused-ring (bicyclic) bond motifs is 2. The Labute approximate surface area is 266 Å². The number of carbonyl (C=O) groups is 1. The van der Waals surface area contributed by atoms with Crippen molar-refractivity contribution in [2.75, 3.05) is 20.8 Å². The lowest BCUT2D eigenvalue weighted by molar-refractivity contribution is -0.139. The van der Waals surface area contributed by atoms with E-state index >= 15 is 0 Å². The van der Waals surface area contributed by atoms with Gasteiger partial charge in [0.1, 0.15) is 17.5 Å². The molecule has 3 heterocycles. The van der Waals surface area contributed by atoms with E-state index in [2.05, 4.69) is 51.0 Å². The van der Waals surface area contributed by atoms with E-state index in [4.69, 9.17) is 19.2 Å². The van der Waals surface area contributed by atoms with Crippen LogP contribution in [0.15, 0.2) is 98.5 Å². The summed E-state index contributed by atoms with van der Waals surface area (Å²) in [5.74, 6) is 0.547. The monoisotopic (exact) mass is 671 g/mol. The van der Waals surface area contributed by atoms with Crippen molar-refractivity contribution in [1.29, 1.82) is 0 Å². The van der Waals surface area contributed by atoms with Crippen LogP contribution in [0.1, 0.15) is 36.6 Å². The molecule has 0 amide bonds. The molecule has 0 N–H and O–H groups in total. The molecular formula is C34H30BrN3O5S. The second-order valence-electron chi connectivity index (χ2n) is 10.3. The van der Waals surface area contributed by atoms with Gasteiger partial charge in [-0.15, -0.1) is 0 Å². The number of esters is 1. The minimum Gasteiger partial charge on any atom is -0.497 e. The molecule has 0 fully saturated rings. The van der Waals surface area contributed by atoms with E-state index in [9.17, 15) is 9.59 Å². The van der Waals surface area contributed by atoms with Gasteiger partial charge >= 0.3 is 5.97 Å². The van der Waals surface area contributed by atoms with Crippen LogP contribution in [0.5, 0.6) is 11.5 Å². The highest BCUT2D eigenvalue weighted by molar-refractivity contribution is 9.10. The zero-order valence-electron chi connectivity index (χ0n) is 24.7. The number of para-hydroxylation sites is 1. The topological polar surface area (TPSA) is 84.1 Å². The summed E-state index contributed by atoms with van der Waals surface area (Å²) in [5, 5.41) is 1.03. The molecule has 3 aromatic carbocycles. The number of hydrogen-bond donors (Lipinski definition) is 0. The van der Waals surface area contributed by atoms with Gasteiger partial charge in [0.05, 0.1) is 36.6 Å². The molecule has 10 heteroatoms. The van der Waals surface area contributed by atoms with Crippen LogP contribution in [0.3, 0.4) is 0 Å². The molecule has 44 heavy (non-hydrogen) atoms. The fourth-order valence-electron chi connectivity index (χ4n) is 5.59. The lowest BCUT2D eigenvalue weighted by atomic mass is 9.94. The number of allylic oxidation sites excluding steroid dienone is 1. The first-order chi connectivity index (χ1) is 21.3. The van der Waals surface area contributed by atoms with Crippen LogP contribution < -0.4 is 24.4 Å². The summed E-state index contributed by atoms with van der Waals surface area (Å²) in [7, 11) is 3.12. The predicted molar refractivity (Wildman–Crippen MR) is 175 cm³/mol. The Hall–Kier alpha value is -4.41. The van der Waals surface area contributed by atoms with Crippen LogP contribution in [0.4, 0.5) is 0 Å². The fourth-order valence-corrected chi connectivity index (χ4v) is 6.89. The molecule has 8 nitrogen and oxygen atoms in total. The van der Waals surface area contributed by atoms with E-state index < -0.39 is 12.0 Å². The number of rotatable bonds is 8. The molecule has 0 spiro atoms. The number of ether oxygens (including phenoxy) is 3. The maximum absolute atomic E-state index is 14.3.